The van der Waals surface area contributed by atoms with Crippen molar-refractivity contribution in [1.82, 2.24) is 20.1 Å². The number of hydrogen-bond acceptors (Lipinski definition) is 7. The predicted octanol–water partition coefficient (Wildman–Crippen LogP) is 1.73. The van der Waals surface area contributed by atoms with E-state index in [0.717, 1.165) is 22.7 Å². The van der Waals surface area contributed by atoms with E-state index in [9.17, 15) is 9.59 Å². The highest BCUT2D eigenvalue weighted by atomic mass is 32.1. The van der Waals surface area contributed by atoms with Gasteiger partial charge in [-0.15, -0.1) is 11.3 Å². The highest BCUT2D eigenvalue weighted by molar-refractivity contribution is 7.13. The van der Waals surface area contributed by atoms with Crippen molar-refractivity contribution in [3.63, 3.8) is 0 Å². The lowest BCUT2D eigenvalue weighted by Crippen LogP contribution is -2.51. The highest BCUT2D eigenvalue weighted by Gasteiger charge is 2.25. The van der Waals surface area contributed by atoms with Gasteiger partial charge in [0.25, 0.3) is 5.91 Å². The van der Waals surface area contributed by atoms with E-state index < -0.39 is 0 Å². The number of nitrogens with one attached hydrogen (secondary N) is 1. The molecule has 8 nitrogen and oxygen atoms in total. The van der Waals surface area contributed by atoms with Crippen molar-refractivity contribution >= 4 is 23.2 Å². The van der Waals surface area contributed by atoms with Crippen LogP contribution < -0.4 is 10.1 Å². The molecule has 0 saturated carbocycles. The van der Waals surface area contributed by atoms with Gasteiger partial charge in [-0.2, -0.15) is 0 Å². The third-order valence-corrected chi connectivity index (χ3v) is 5.83. The number of methoxy groups -OCH3 is 2. The van der Waals surface area contributed by atoms with Gasteiger partial charge in [0.05, 0.1) is 13.7 Å². The van der Waals surface area contributed by atoms with Crippen molar-refractivity contribution in [2.45, 2.75) is 6.42 Å². The van der Waals surface area contributed by atoms with Crippen molar-refractivity contribution in [1.29, 1.82) is 0 Å². The van der Waals surface area contributed by atoms with E-state index in [1.807, 2.05) is 29.6 Å². The molecule has 1 aliphatic rings. The Morgan fingerprint density at radius 3 is 2.53 bits per heavy atom. The molecule has 1 saturated heterocycles. The zero-order valence-electron chi connectivity index (χ0n) is 17.4. The summed E-state index contributed by atoms with van der Waals surface area (Å²) in [5, 5.41) is 5.51. The number of amides is 2. The summed E-state index contributed by atoms with van der Waals surface area (Å²) in [6.07, 6.45) is 0.802. The van der Waals surface area contributed by atoms with E-state index in [2.05, 4.69) is 15.2 Å². The summed E-state index contributed by atoms with van der Waals surface area (Å²) in [5.74, 6) is 0.734. The smallest absolute Gasteiger partial charge is 0.273 e. The van der Waals surface area contributed by atoms with Gasteiger partial charge < -0.3 is 19.7 Å². The van der Waals surface area contributed by atoms with Crippen LogP contribution in [-0.2, 0) is 9.53 Å². The first kappa shape index (κ1) is 22.2. The van der Waals surface area contributed by atoms with Crippen LogP contribution in [0, 0.1) is 0 Å². The molecule has 30 heavy (non-hydrogen) atoms. The van der Waals surface area contributed by atoms with E-state index in [1.165, 1.54) is 11.3 Å². The molecule has 9 heteroatoms. The standard InChI is InChI=1S/C21H28N4O4S/c1-28-13-3-8-22-19(26)14-24-9-11-25(12-10-24)21(27)18-15-30-20(23-18)16-4-6-17(29-2)7-5-16/h4-7,15H,3,8-14H2,1-2H3,(H,22,26). The van der Waals surface area contributed by atoms with E-state index >= 15 is 0 Å². The number of benzene rings is 1. The molecule has 2 aromatic rings. The van der Waals surface area contributed by atoms with Crippen molar-refractivity contribution in [2.75, 3.05) is 60.1 Å². The number of nitrogens with zero attached hydrogens (tertiary/aromatic N) is 3. The lowest BCUT2D eigenvalue weighted by molar-refractivity contribution is -0.122. The van der Waals surface area contributed by atoms with Crippen molar-refractivity contribution in [3.05, 3.63) is 35.3 Å². The average Bonchev–Trinajstić information content (AvgIpc) is 3.27. The first-order chi connectivity index (χ1) is 14.6. The molecule has 1 aromatic heterocycles. The number of piperazine rings is 1. The zero-order valence-corrected chi connectivity index (χ0v) is 18.2. The highest BCUT2D eigenvalue weighted by Crippen LogP contribution is 2.26. The summed E-state index contributed by atoms with van der Waals surface area (Å²) in [7, 11) is 3.28. The van der Waals surface area contributed by atoms with E-state index in [0.29, 0.717) is 51.6 Å². The monoisotopic (exact) mass is 432 g/mol. The van der Waals surface area contributed by atoms with Crippen LogP contribution in [0.4, 0.5) is 0 Å². The molecule has 1 fully saturated rings. The second kappa shape index (κ2) is 11.1. The van der Waals surface area contributed by atoms with Crippen LogP contribution in [0.5, 0.6) is 5.75 Å². The van der Waals surface area contributed by atoms with Gasteiger partial charge in [-0.3, -0.25) is 14.5 Å². The minimum Gasteiger partial charge on any atom is -0.497 e. The number of aromatic nitrogens is 1. The third kappa shape index (κ3) is 6.01. The lowest BCUT2D eigenvalue weighted by Gasteiger charge is -2.33. The van der Waals surface area contributed by atoms with Crippen molar-refractivity contribution < 1.29 is 19.1 Å². The molecule has 0 unspecified atom stereocenters. The van der Waals surface area contributed by atoms with E-state index in [-0.39, 0.29) is 11.8 Å². The number of carbonyl (C=O) groups excluding carboxylic acids is 2. The number of thiazole rings is 1. The van der Waals surface area contributed by atoms with Gasteiger partial charge in [0.15, 0.2) is 0 Å². The molecule has 1 aromatic carbocycles. The fraction of sp³-hybridized carbons (Fsp3) is 0.476. The molecule has 2 amide bonds. The second-order valence-corrected chi connectivity index (χ2v) is 7.89. The molecular formula is C21H28N4O4S. The Bertz CT molecular complexity index is 832. The third-order valence-electron chi connectivity index (χ3n) is 4.93. The molecule has 162 valence electrons. The largest absolute Gasteiger partial charge is 0.497 e. The summed E-state index contributed by atoms with van der Waals surface area (Å²) in [6, 6.07) is 7.63. The van der Waals surface area contributed by atoms with Gasteiger partial charge in [-0.25, -0.2) is 4.98 Å². The van der Waals surface area contributed by atoms with Gasteiger partial charge in [0.2, 0.25) is 5.91 Å². The van der Waals surface area contributed by atoms with Crippen LogP contribution >= 0.6 is 11.3 Å². The van der Waals surface area contributed by atoms with E-state index in [4.69, 9.17) is 9.47 Å². The maximum Gasteiger partial charge on any atom is 0.273 e. The maximum atomic E-state index is 12.8. The Morgan fingerprint density at radius 2 is 1.87 bits per heavy atom. The Balaban J connectivity index is 1.47. The van der Waals surface area contributed by atoms with Crippen LogP contribution in [0.25, 0.3) is 10.6 Å². The first-order valence-electron chi connectivity index (χ1n) is 9.98. The first-order valence-corrected chi connectivity index (χ1v) is 10.9. The van der Waals surface area contributed by atoms with Crippen molar-refractivity contribution in [3.8, 4) is 16.3 Å². The quantitative estimate of drug-likeness (QED) is 0.608. The number of hydrogen-bond donors (Lipinski definition) is 1. The maximum absolute atomic E-state index is 12.8. The summed E-state index contributed by atoms with van der Waals surface area (Å²) >= 11 is 1.46. The van der Waals surface area contributed by atoms with Gasteiger partial charge >= 0.3 is 0 Å². The molecule has 0 radical (unpaired) electrons. The summed E-state index contributed by atoms with van der Waals surface area (Å²) < 4.78 is 10.1. The van der Waals surface area contributed by atoms with Crippen LogP contribution in [0.15, 0.2) is 29.6 Å². The van der Waals surface area contributed by atoms with Gasteiger partial charge in [0.1, 0.15) is 16.5 Å². The Labute approximate surface area is 180 Å². The molecule has 0 aliphatic carbocycles. The molecule has 1 aliphatic heterocycles. The van der Waals surface area contributed by atoms with Crippen LogP contribution in [0.3, 0.4) is 0 Å². The lowest BCUT2D eigenvalue weighted by atomic mass is 10.2. The average molecular weight is 433 g/mol. The summed E-state index contributed by atoms with van der Waals surface area (Å²) in [4.78, 5) is 33.2. The molecule has 0 bridgehead atoms. The zero-order chi connectivity index (χ0) is 21.3. The van der Waals surface area contributed by atoms with E-state index in [1.54, 1.807) is 19.1 Å². The Hall–Kier alpha value is -2.49. The van der Waals surface area contributed by atoms with Gasteiger partial charge in [-0.1, -0.05) is 0 Å². The fourth-order valence-electron chi connectivity index (χ4n) is 3.21. The topological polar surface area (TPSA) is 84.0 Å². The molecule has 1 N–H and O–H groups in total. The molecule has 0 spiro atoms. The van der Waals surface area contributed by atoms with Crippen LogP contribution in [-0.4, -0.2) is 86.7 Å². The molecular weight excluding hydrogens is 404 g/mol. The van der Waals surface area contributed by atoms with Crippen LogP contribution in [0.1, 0.15) is 16.9 Å². The molecule has 0 atom stereocenters. The van der Waals surface area contributed by atoms with Crippen molar-refractivity contribution in [2.24, 2.45) is 0 Å². The summed E-state index contributed by atoms with van der Waals surface area (Å²) in [6.45, 7) is 4.13. The summed E-state index contributed by atoms with van der Waals surface area (Å²) in [5.41, 5.74) is 1.43. The SMILES string of the molecule is COCCCNC(=O)CN1CCN(C(=O)c2csc(-c3ccc(OC)cc3)n2)CC1. The Kier molecular flexibility index (Phi) is 8.18. The minimum absolute atomic E-state index is 0.00881. The fourth-order valence-corrected chi connectivity index (χ4v) is 4.01. The number of carbonyl (C=O) groups is 2. The normalized spacial score (nSPS) is 14.5. The molecule has 3 rings (SSSR count). The molecule has 2 heterocycles. The van der Waals surface area contributed by atoms with Gasteiger partial charge in [0, 0.05) is 57.4 Å². The predicted molar refractivity (Wildman–Crippen MR) is 116 cm³/mol. The van der Waals surface area contributed by atoms with Gasteiger partial charge in [-0.05, 0) is 30.7 Å². The number of ether oxygens (including phenoxy) is 2. The Morgan fingerprint density at radius 1 is 1.13 bits per heavy atom. The second-order valence-electron chi connectivity index (χ2n) is 7.03. The minimum atomic E-state index is -0.0605. The number of rotatable bonds is 9. The van der Waals surface area contributed by atoms with Crippen LogP contribution in [0.2, 0.25) is 0 Å².